The van der Waals surface area contributed by atoms with Crippen LogP contribution in [0.2, 0.25) is 0 Å². The van der Waals surface area contributed by atoms with E-state index in [1.165, 1.54) is 231 Å². The van der Waals surface area contributed by atoms with Crippen LogP contribution in [0.5, 0.6) is 0 Å². The summed E-state index contributed by atoms with van der Waals surface area (Å²) in [6.45, 7) is 46.4. The largest absolute Gasteiger partial charge is 0.0537 e. The van der Waals surface area contributed by atoms with Crippen LogP contribution in [-0.4, -0.2) is 0 Å². The molecule has 0 unspecified atom stereocenters. The van der Waals surface area contributed by atoms with Crippen LogP contribution in [0, 0.1) is 138 Å². The van der Waals surface area contributed by atoms with E-state index in [1.807, 2.05) is 0 Å². The van der Waals surface area contributed by atoms with Gasteiger partial charge in [-0.25, -0.2) is 0 Å². The van der Waals surface area contributed by atoms with E-state index in [0.29, 0.717) is 0 Å². The predicted octanol–water partition coefficient (Wildman–Crippen LogP) is 21.5. The maximum absolute atomic E-state index is 2.61. The lowest BCUT2D eigenvalue weighted by molar-refractivity contribution is 1.18. The lowest BCUT2D eigenvalue weighted by Crippen LogP contribution is -2.00. The van der Waals surface area contributed by atoms with Crippen molar-refractivity contribution in [3.63, 3.8) is 0 Å². The van der Waals surface area contributed by atoms with E-state index in [-0.39, 0.29) is 0 Å². The highest BCUT2D eigenvalue weighted by molar-refractivity contribution is 6.42. The molecular weight excluding hydrogens is 889 g/mol. The van der Waals surface area contributed by atoms with Gasteiger partial charge in [-0.05, 0) is 418 Å². The van der Waals surface area contributed by atoms with Crippen LogP contribution in [0.15, 0.2) is 72.8 Å². The average molecular weight is 961 g/mol. The molecule has 0 radical (unpaired) electrons. The Kier molecular flexibility index (Phi) is 10.5. The van der Waals surface area contributed by atoms with Crippen molar-refractivity contribution in [2.24, 2.45) is 0 Å². The molecular formula is C74H72. The summed E-state index contributed by atoms with van der Waals surface area (Å²) in [4.78, 5) is 0. The second-order valence-corrected chi connectivity index (χ2v) is 23.4. The van der Waals surface area contributed by atoms with Gasteiger partial charge in [0, 0.05) is 0 Å². The van der Waals surface area contributed by atoms with Crippen LogP contribution in [-0.2, 0) is 0 Å². The van der Waals surface area contributed by atoms with Gasteiger partial charge in [-0.2, -0.15) is 0 Å². The Morgan fingerprint density at radius 2 is 0.324 bits per heavy atom. The van der Waals surface area contributed by atoms with Crippen molar-refractivity contribution in [2.45, 2.75) is 138 Å². The van der Waals surface area contributed by atoms with Crippen molar-refractivity contribution in [1.82, 2.24) is 0 Å². The molecule has 74 heavy (non-hydrogen) atoms. The zero-order valence-corrected chi connectivity index (χ0v) is 47.9. The van der Waals surface area contributed by atoms with Gasteiger partial charge in [-0.15, -0.1) is 0 Å². The second kappa shape index (κ2) is 16.2. The molecule has 0 amide bonds. The summed E-state index contributed by atoms with van der Waals surface area (Å²) in [5.41, 5.74) is 38.5. The van der Waals surface area contributed by atoms with Crippen molar-refractivity contribution in [3.8, 4) is 44.5 Å². The number of benzene rings is 10. The van der Waals surface area contributed by atoms with Gasteiger partial charge < -0.3 is 0 Å². The molecule has 368 valence electrons. The van der Waals surface area contributed by atoms with E-state index in [9.17, 15) is 0 Å². The summed E-state index contributed by atoms with van der Waals surface area (Å²) in [6.07, 6.45) is 0. The maximum Gasteiger partial charge on any atom is -0.00195 e. The Morgan fingerprint density at radius 1 is 0.149 bits per heavy atom. The highest BCUT2D eigenvalue weighted by Crippen LogP contribution is 2.52. The Labute approximate surface area is 440 Å². The normalized spacial score (nSPS) is 12.3. The van der Waals surface area contributed by atoms with Crippen LogP contribution in [0.25, 0.3) is 120 Å². The number of hydrogen-bond donors (Lipinski definition) is 0. The minimum absolute atomic E-state index is 1.30. The molecule has 0 aromatic heterocycles. The fourth-order valence-electron chi connectivity index (χ4n) is 14.5. The molecule has 0 aliphatic heterocycles. The molecule has 0 heterocycles. The summed E-state index contributed by atoms with van der Waals surface area (Å²) in [7, 11) is 0. The quantitative estimate of drug-likeness (QED) is 0.154. The minimum atomic E-state index is 1.30. The molecule has 0 saturated heterocycles. The SMILES string of the molecule is Cc1c(C)c(C)c(-c2ccc3c(c2)c2cc4c(cc5c6cc(-c7c(C)c(C)c(C)c(C)c7C)ccc6c6cc(-c7c(C)c(C)c(C)c(C)c7C)cc4c65)c4cc(-c5c(C)c(C)c(C)c(C)c5C)cc3c42)c(C)c1C. The third-order valence-corrected chi connectivity index (χ3v) is 20.6. The molecule has 0 spiro atoms. The fourth-order valence-corrected chi connectivity index (χ4v) is 14.5. The summed E-state index contributed by atoms with van der Waals surface area (Å²) in [6, 6.07) is 30.3. The van der Waals surface area contributed by atoms with E-state index < -0.39 is 0 Å². The topological polar surface area (TPSA) is 0 Å². The number of hydrogen-bond acceptors (Lipinski definition) is 0. The fraction of sp³-hybridized carbons (Fsp3) is 0.270. The smallest absolute Gasteiger partial charge is 0.00195 e. The molecule has 0 saturated carbocycles. The molecule has 12 aromatic carbocycles. The maximum atomic E-state index is 2.61. The molecule has 0 atom stereocenters. The van der Waals surface area contributed by atoms with Crippen LogP contribution < -0.4 is 0 Å². The van der Waals surface area contributed by atoms with Crippen LogP contribution in [0.1, 0.15) is 111 Å². The predicted molar refractivity (Wildman–Crippen MR) is 328 cm³/mol. The van der Waals surface area contributed by atoms with Gasteiger partial charge in [-0.1, -0.05) is 24.3 Å². The molecule has 12 aromatic rings. The van der Waals surface area contributed by atoms with Gasteiger partial charge in [0.2, 0.25) is 0 Å². The van der Waals surface area contributed by atoms with Gasteiger partial charge >= 0.3 is 0 Å². The standard InChI is InChI=1S/C74H72/c1-33-37(5)45(13)69(46(14)38(33)6)53-21-23-57-59(25-53)67-31-61-62(65-29-55(27-63(57)73(65)67)71-49(17)41(9)35(3)42(10)50(71)18)32-68-60-26-54(70-47(15)39(7)34(2)40(8)48(70)16)22-24-58(60)64-28-56(30-66(61)74(64)68)72-51(19)43(11)36(4)44(12)52(72)20/h21-32H,1-20H3. The zero-order valence-electron chi connectivity index (χ0n) is 47.9. The van der Waals surface area contributed by atoms with E-state index in [0.717, 1.165) is 0 Å². The van der Waals surface area contributed by atoms with Crippen molar-refractivity contribution in [3.05, 3.63) is 184 Å². The third kappa shape index (κ3) is 6.21. The Morgan fingerprint density at radius 3 is 0.581 bits per heavy atom. The average Bonchev–Trinajstić information content (AvgIpc) is 3.88. The molecule has 0 aliphatic carbocycles. The lowest BCUT2D eigenvalue weighted by Gasteiger charge is -2.20. The van der Waals surface area contributed by atoms with Crippen molar-refractivity contribution in [1.29, 1.82) is 0 Å². The molecule has 0 fully saturated rings. The second-order valence-electron chi connectivity index (χ2n) is 23.4. The Bertz CT molecular complexity index is 4130. The first-order chi connectivity index (χ1) is 35.0. The van der Waals surface area contributed by atoms with Crippen molar-refractivity contribution < 1.29 is 0 Å². The Hall–Kier alpha value is -7.02. The van der Waals surface area contributed by atoms with Crippen molar-refractivity contribution >= 4 is 75.4 Å². The van der Waals surface area contributed by atoms with E-state index in [2.05, 4.69) is 211 Å². The highest BCUT2D eigenvalue weighted by atomic mass is 14.3. The number of fused-ring (bicyclic) bond motifs is 9. The lowest BCUT2D eigenvalue weighted by atomic mass is 9.84. The van der Waals surface area contributed by atoms with Crippen LogP contribution in [0.4, 0.5) is 0 Å². The van der Waals surface area contributed by atoms with Crippen LogP contribution >= 0.6 is 0 Å². The summed E-state index contributed by atoms with van der Waals surface area (Å²) in [5.74, 6) is 0. The number of rotatable bonds is 4. The monoisotopic (exact) mass is 961 g/mol. The third-order valence-electron chi connectivity index (χ3n) is 20.6. The highest BCUT2D eigenvalue weighted by Gasteiger charge is 2.26. The molecule has 0 heteroatoms. The van der Waals surface area contributed by atoms with Gasteiger partial charge in [-0.3, -0.25) is 0 Å². The van der Waals surface area contributed by atoms with Gasteiger partial charge in [0.15, 0.2) is 0 Å². The van der Waals surface area contributed by atoms with Gasteiger partial charge in [0.25, 0.3) is 0 Å². The zero-order chi connectivity index (χ0) is 52.7. The molecule has 0 bridgehead atoms. The van der Waals surface area contributed by atoms with Gasteiger partial charge in [0.05, 0.1) is 0 Å². The van der Waals surface area contributed by atoms with E-state index in [1.54, 1.807) is 0 Å². The summed E-state index contributed by atoms with van der Waals surface area (Å²) < 4.78 is 0. The molecule has 0 aliphatic rings. The molecule has 12 rings (SSSR count). The first-order valence-electron chi connectivity index (χ1n) is 27.2. The first kappa shape index (κ1) is 48.0. The minimum Gasteiger partial charge on any atom is -0.0537 e. The molecule has 0 nitrogen and oxygen atoms in total. The Balaban J connectivity index is 1.30. The first-order valence-corrected chi connectivity index (χ1v) is 27.2. The van der Waals surface area contributed by atoms with E-state index >= 15 is 0 Å². The summed E-state index contributed by atoms with van der Waals surface area (Å²) in [5, 5.41) is 18.8. The summed E-state index contributed by atoms with van der Waals surface area (Å²) >= 11 is 0. The van der Waals surface area contributed by atoms with Gasteiger partial charge in [0.1, 0.15) is 0 Å². The van der Waals surface area contributed by atoms with E-state index in [4.69, 9.17) is 0 Å². The van der Waals surface area contributed by atoms with Crippen molar-refractivity contribution in [2.75, 3.05) is 0 Å². The van der Waals surface area contributed by atoms with Crippen LogP contribution in [0.3, 0.4) is 0 Å². The molecule has 0 N–H and O–H groups in total.